The van der Waals surface area contributed by atoms with Gasteiger partial charge in [0.15, 0.2) is 11.6 Å². The van der Waals surface area contributed by atoms with Crippen LogP contribution in [0.15, 0.2) is 10.9 Å². The Kier molecular flexibility index (Phi) is 3.73. The Morgan fingerprint density at radius 1 is 1.58 bits per heavy atom. The van der Waals surface area contributed by atoms with Gasteiger partial charge in [-0.05, 0) is 18.8 Å². The van der Waals surface area contributed by atoms with E-state index in [-0.39, 0.29) is 0 Å². The van der Waals surface area contributed by atoms with Crippen LogP contribution in [0.5, 0.6) is 5.75 Å². The molecule has 1 N–H and O–H groups in total. The molecule has 1 fully saturated rings. The molecule has 7 heteroatoms. The first-order valence-corrected chi connectivity index (χ1v) is 6.11. The summed E-state index contributed by atoms with van der Waals surface area (Å²) in [4.78, 5) is 24.1. The Morgan fingerprint density at radius 2 is 2.26 bits per heavy atom. The van der Waals surface area contributed by atoms with E-state index in [1.54, 1.807) is 19.0 Å². The second-order valence-corrected chi connectivity index (χ2v) is 4.87. The Bertz CT molecular complexity index is 534. The lowest BCUT2D eigenvalue weighted by Crippen LogP contribution is -2.29. The van der Waals surface area contributed by atoms with Crippen molar-refractivity contribution in [2.45, 2.75) is 19.4 Å². The number of nitrogens with zero attached hydrogens (tertiary/aromatic N) is 3. The number of carbonyl (C=O) groups is 1. The summed E-state index contributed by atoms with van der Waals surface area (Å²) < 4.78 is 6.52. The molecular weight excluding hydrogens is 250 g/mol. The number of carboxylic acids is 1. The van der Waals surface area contributed by atoms with Crippen molar-refractivity contribution in [1.82, 2.24) is 9.78 Å². The van der Waals surface area contributed by atoms with Gasteiger partial charge in [0.25, 0.3) is 5.56 Å². The maximum Gasteiger partial charge on any atom is 0.325 e. The summed E-state index contributed by atoms with van der Waals surface area (Å²) in [6, 6.07) is 1.30. The first kappa shape index (κ1) is 13.4. The zero-order chi connectivity index (χ0) is 14.0. The third-order valence-electron chi connectivity index (χ3n) is 2.82. The summed E-state index contributed by atoms with van der Waals surface area (Å²) in [5.74, 6) is 0.326. The predicted octanol–water partition coefficient (Wildman–Crippen LogP) is 0.183. The van der Waals surface area contributed by atoms with Crippen molar-refractivity contribution in [3.63, 3.8) is 0 Å². The van der Waals surface area contributed by atoms with Gasteiger partial charge in [0, 0.05) is 14.1 Å². The quantitative estimate of drug-likeness (QED) is 0.791. The van der Waals surface area contributed by atoms with Crippen LogP contribution in [0.2, 0.25) is 0 Å². The van der Waals surface area contributed by atoms with E-state index < -0.39 is 18.1 Å². The zero-order valence-electron chi connectivity index (χ0n) is 11.0. The molecule has 0 aliphatic heterocycles. The third kappa shape index (κ3) is 3.46. The number of ether oxygens (including phenoxy) is 1. The molecule has 0 atom stereocenters. The first-order chi connectivity index (χ1) is 8.97. The van der Waals surface area contributed by atoms with E-state index >= 15 is 0 Å². The molecule has 1 aromatic rings. The molecule has 1 heterocycles. The second-order valence-electron chi connectivity index (χ2n) is 4.87. The fraction of sp³-hybridized carbons (Fsp3) is 0.583. The molecule has 1 aromatic heterocycles. The number of hydrogen-bond acceptors (Lipinski definition) is 5. The van der Waals surface area contributed by atoms with E-state index in [0.717, 1.165) is 17.5 Å². The van der Waals surface area contributed by atoms with Gasteiger partial charge in [0.05, 0.1) is 12.7 Å². The molecule has 0 spiro atoms. The molecule has 0 amide bonds. The van der Waals surface area contributed by atoms with Gasteiger partial charge in [-0.25, -0.2) is 4.68 Å². The van der Waals surface area contributed by atoms with Crippen molar-refractivity contribution in [2.75, 3.05) is 25.6 Å². The summed E-state index contributed by atoms with van der Waals surface area (Å²) in [5.41, 5.74) is -0.473. The molecule has 1 aliphatic carbocycles. The molecule has 0 saturated heterocycles. The van der Waals surface area contributed by atoms with Gasteiger partial charge >= 0.3 is 5.97 Å². The van der Waals surface area contributed by atoms with E-state index in [2.05, 4.69) is 5.10 Å². The van der Waals surface area contributed by atoms with Crippen LogP contribution in [0.4, 0.5) is 5.82 Å². The maximum absolute atomic E-state index is 11.7. The van der Waals surface area contributed by atoms with E-state index in [1.807, 2.05) is 0 Å². The second kappa shape index (κ2) is 5.29. The van der Waals surface area contributed by atoms with Crippen molar-refractivity contribution in [2.24, 2.45) is 5.92 Å². The monoisotopic (exact) mass is 267 g/mol. The van der Waals surface area contributed by atoms with Gasteiger partial charge in [-0.15, -0.1) is 5.10 Å². The van der Waals surface area contributed by atoms with Gasteiger partial charge in [-0.3, -0.25) is 9.59 Å². The number of carboxylic acid groups (broad SMARTS) is 1. The summed E-state index contributed by atoms with van der Waals surface area (Å²) in [5, 5.41) is 12.8. The summed E-state index contributed by atoms with van der Waals surface area (Å²) >= 11 is 0. The van der Waals surface area contributed by atoms with E-state index in [4.69, 9.17) is 9.84 Å². The van der Waals surface area contributed by atoms with Gasteiger partial charge < -0.3 is 14.7 Å². The summed E-state index contributed by atoms with van der Waals surface area (Å²) in [6.45, 7) is 0.119. The third-order valence-corrected chi connectivity index (χ3v) is 2.82. The van der Waals surface area contributed by atoms with Crippen LogP contribution in [-0.2, 0) is 11.3 Å². The van der Waals surface area contributed by atoms with Crippen LogP contribution in [0.25, 0.3) is 0 Å². The Balaban J connectivity index is 2.27. The Hall–Kier alpha value is -2.05. The summed E-state index contributed by atoms with van der Waals surface area (Å²) in [6.07, 6.45) is 2.31. The fourth-order valence-corrected chi connectivity index (χ4v) is 1.61. The van der Waals surface area contributed by atoms with Crippen molar-refractivity contribution >= 4 is 11.8 Å². The molecule has 0 unspecified atom stereocenters. The largest absolute Gasteiger partial charge is 0.489 e. The van der Waals surface area contributed by atoms with Gasteiger partial charge in [0.2, 0.25) is 0 Å². The van der Waals surface area contributed by atoms with Crippen molar-refractivity contribution < 1.29 is 14.6 Å². The average Bonchev–Trinajstić information content (AvgIpc) is 3.12. The standard InChI is InChI=1S/C12H17N3O4/c1-14(2)12-9(19-7-8-3-4-8)5-10(16)15(13-12)6-11(17)18/h5,8H,3-4,6-7H2,1-2H3,(H,17,18). The summed E-state index contributed by atoms with van der Waals surface area (Å²) in [7, 11) is 3.53. The van der Waals surface area contributed by atoms with Crippen molar-refractivity contribution in [1.29, 1.82) is 0 Å². The number of hydrogen-bond donors (Lipinski definition) is 1. The minimum Gasteiger partial charge on any atom is -0.489 e. The number of aliphatic carboxylic acids is 1. The molecule has 7 nitrogen and oxygen atoms in total. The first-order valence-electron chi connectivity index (χ1n) is 6.11. The normalized spacial score (nSPS) is 14.2. The number of rotatable bonds is 6. The number of aromatic nitrogens is 2. The highest BCUT2D eigenvalue weighted by molar-refractivity contribution is 5.66. The fourth-order valence-electron chi connectivity index (χ4n) is 1.61. The smallest absolute Gasteiger partial charge is 0.325 e. The van der Waals surface area contributed by atoms with Crippen LogP contribution in [0.3, 0.4) is 0 Å². The van der Waals surface area contributed by atoms with Crippen LogP contribution in [-0.4, -0.2) is 41.6 Å². The van der Waals surface area contributed by atoms with E-state index in [9.17, 15) is 9.59 Å². The van der Waals surface area contributed by atoms with E-state index in [1.165, 1.54) is 6.07 Å². The Morgan fingerprint density at radius 3 is 2.79 bits per heavy atom. The molecule has 1 saturated carbocycles. The minimum atomic E-state index is -1.11. The van der Waals surface area contributed by atoms with Gasteiger partial charge in [-0.2, -0.15) is 0 Å². The SMILES string of the molecule is CN(C)c1nn(CC(=O)O)c(=O)cc1OCC1CC1. The molecule has 2 rings (SSSR count). The highest BCUT2D eigenvalue weighted by atomic mass is 16.5. The molecule has 0 aromatic carbocycles. The molecule has 0 radical (unpaired) electrons. The molecule has 1 aliphatic rings. The van der Waals surface area contributed by atoms with Crippen molar-refractivity contribution in [3.05, 3.63) is 16.4 Å². The molecule has 0 bridgehead atoms. The average molecular weight is 267 g/mol. The van der Waals surface area contributed by atoms with Crippen LogP contribution in [0, 0.1) is 5.92 Å². The topological polar surface area (TPSA) is 84.7 Å². The lowest BCUT2D eigenvalue weighted by Gasteiger charge is -2.17. The van der Waals surface area contributed by atoms with Crippen LogP contribution in [0.1, 0.15) is 12.8 Å². The maximum atomic E-state index is 11.7. The Labute approximate surface area is 110 Å². The molecule has 19 heavy (non-hydrogen) atoms. The highest BCUT2D eigenvalue weighted by Crippen LogP contribution is 2.31. The molecule has 104 valence electrons. The lowest BCUT2D eigenvalue weighted by molar-refractivity contribution is -0.138. The number of anilines is 1. The molecular formula is C12H17N3O4. The lowest BCUT2D eigenvalue weighted by atomic mass is 10.4. The minimum absolute atomic E-state index is 0.406. The highest BCUT2D eigenvalue weighted by Gasteiger charge is 2.23. The van der Waals surface area contributed by atoms with Crippen LogP contribution >= 0.6 is 0 Å². The van der Waals surface area contributed by atoms with Crippen molar-refractivity contribution in [3.8, 4) is 5.75 Å². The zero-order valence-corrected chi connectivity index (χ0v) is 11.0. The predicted molar refractivity (Wildman–Crippen MR) is 68.7 cm³/mol. The van der Waals surface area contributed by atoms with Crippen LogP contribution < -0.4 is 15.2 Å². The van der Waals surface area contributed by atoms with Gasteiger partial charge in [-0.1, -0.05) is 0 Å². The van der Waals surface area contributed by atoms with E-state index in [0.29, 0.717) is 24.1 Å². The van der Waals surface area contributed by atoms with Gasteiger partial charge in [0.1, 0.15) is 6.54 Å².